The number of aryl methyl sites for hydroxylation is 1. The molecule has 1 N–H and O–H groups in total. The first kappa shape index (κ1) is 14.6. The Morgan fingerprint density at radius 3 is 2.91 bits per heavy atom. The molecule has 1 aromatic heterocycles. The lowest BCUT2D eigenvalue weighted by molar-refractivity contribution is 0.300. The minimum absolute atomic E-state index is 0.186. The molecule has 2 fully saturated rings. The zero-order chi connectivity index (χ0) is 15.4. The average Bonchev–Trinajstić information content (AvgIpc) is 3.03. The van der Waals surface area contributed by atoms with E-state index in [-0.39, 0.29) is 10.8 Å². The van der Waals surface area contributed by atoms with Gasteiger partial charge < -0.3 is 9.73 Å². The molecule has 4 rings (SSSR count). The first-order chi connectivity index (χ1) is 10.6. The van der Waals surface area contributed by atoms with E-state index in [0.29, 0.717) is 10.0 Å². The number of oxazole rings is 1. The Kier molecular flexibility index (Phi) is 3.30. The van der Waals surface area contributed by atoms with Crippen LogP contribution in [0.25, 0.3) is 0 Å². The Bertz CT molecular complexity index is 729. The largest absolute Gasteiger partial charge is 0.448 e. The van der Waals surface area contributed by atoms with Crippen LogP contribution < -0.4 is 5.32 Å². The maximum Gasteiger partial charge on any atom is 0.181 e. The molecule has 2 aromatic rings. The highest BCUT2D eigenvalue weighted by atomic mass is 35.5. The molecule has 5 heteroatoms. The third-order valence-corrected chi connectivity index (χ3v) is 6.28. The van der Waals surface area contributed by atoms with Gasteiger partial charge in [-0.1, -0.05) is 29.3 Å². The molecule has 1 saturated carbocycles. The second kappa shape index (κ2) is 4.98. The monoisotopic (exact) mass is 336 g/mol. The number of fused-ring (bicyclic) bond motifs is 1. The molecule has 1 aromatic carbocycles. The fraction of sp³-hybridized carbons (Fsp3) is 0.471. The molecule has 1 aliphatic heterocycles. The van der Waals surface area contributed by atoms with Crippen molar-refractivity contribution < 1.29 is 4.42 Å². The summed E-state index contributed by atoms with van der Waals surface area (Å²) < 4.78 is 5.60. The number of benzene rings is 1. The van der Waals surface area contributed by atoms with Gasteiger partial charge in [0.15, 0.2) is 6.39 Å². The van der Waals surface area contributed by atoms with Gasteiger partial charge in [0.25, 0.3) is 0 Å². The fourth-order valence-corrected chi connectivity index (χ4v) is 4.49. The van der Waals surface area contributed by atoms with Crippen LogP contribution in [-0.4, -0.2) is 18.1 Å². The van der Waals surface area contributed by atoms with E-state index in [9.17, 15) is 0 Å². The van der Waals surface area contributed by atoms with Gasteiger partial charge in [0, 0.05) is 23.8 Å². The second-order valence-corrected chi connectivity index (χ2v) is 7.45. The van der Waals surface area contributed by atoms with Crippen LogP contribution >= 0.6 is 23.2 Å². The van der Waals surface area contributed by atoms with Crippen molar-refractivity contribution in [1.82, 2.24) is 10.3 Å². The third kappa shape index (κ3) is 2.03. The van der Waals surface area contributed by atoms with Crippen LogP contribution in [0, 0.1) is 12.3 Å². The predicted molar refractivity (Wildman–Crippen MR) is 87.6 cm³/mol. The van der Waals surface area contributed by atoms with Crippen molar-refractivity contribution >= 4 is 23.2 Å². The summed E-state index contributed by atoms with van der Waals surface area (Å²) in [7, 11) is 0. The maximum absolute atomic E-state index is 6.25. The Morgan fingerprint density at radius 1 is 1.32 bits per heavy atom. The van der Waals surface area contributed by atoms with Crippen molar-refractivity contribution in [2.75, 3.05) is 13.1 Å². The highest BCUT2D eigenvalue weighted by molar-refractivity contribution is 6.42. The van der Waals surface area contributed by atoms with Crippen LogP contribution in [0.2, 0.25) is 10.0 Å². The lowest BCUT2D eigenvalue weighted by atomic mass is 9.79. The molecule has 116 valence electrons. The molecular formula is C17H18Cl2N2O. The minimum atomic E-state index is 0.186. The molecule has 0 amide bonds. The first-order valence-electron chi connectivity index (χ1n) is 7.62. The summed E-state index contributed by atoms with van der Waals surface area (Å²) in [6.07, 6.45) is 4.75. The van der Waals surface area contributed by atoms with E-state index in [1.165, 1.54) is 5.56 Å². The van der Waals surface area contributed by atoms with E-state index in [1.807, 2.05) is 19.1 Å². The number of hydrogen-bond donors (Lipinski definition) is 1. The molecular weight excluding hydrogens is 319 g/mol. The third-order valence-electron chi connectivity index (χ3n) is 5.54. The van der Waals surface area contributed by atoms with Gasteiger partial charge in [-0.15, -0.1) is 0 Å². The summed E-state index contributed by atoms with van der Waals surface area (Å²) in [5.74, 6) is 1.01. The average molecular weight is 337 g/mol. The Morgan fingerprint density at radius 2 is 2.18 bits per heavy atom. The van der Waals surface area contributed by atoms with Crippen molar-refractivity contribution in [2.45, 2.75) is 31.6 Å². The minimum Gasteiger partial charge on any atom is -0.448 e. The first-order valence-corrected chi connectivity index (χ1v) is 8.37. The molecule has 2 aliphatic rings. The predicted octanol–water partition coefficient (Wildman–Crippen LogP) is 4.15. The summed E-state index contributed by atoms with van der Waals surface area (Å²) >= 11 is 12.3. The summed E-state index contributed by atoms with van der Waals surface area (Å²) in [6, 6.07) is 6.09. The fourth-order valence-electron chi connectivity index (χ4n) is 4.19. The SMILES string of the molecule is Cc1ncoc1C[C@@]12CNCC[C@]1(c1ccc(Cl)c(Cl)c1)C2. The number of hydrogen-bond acceptors (Lipinski definition) is 3. The van der Waals surface area contributed by atoms with Gasteiger partial charge in [-0.3, -0.25) is 0 Å². The number of rotatable bonds is 3. The van der Waals surface area contributed by atoms with Crippen molar-refractivity contribution in [1.29, 1.82) is 0 Å². The second-order valence-electron chi connectivity index (χ2n) is 6.63. The number of piperidine rings is 1. The van der Waals surface area contributed by atoms with Gasteiger partial charge in [-0.2, -0.15) is 0 Å². The molecule has 0 bridgehead atoms. The zero-order valence-electron chi connectivity index (χ0n) is 12.5. The lowest BCUT2D eigenvalue weighted by Gasteiger charge is -2.31. The maximum atomic E-state index is 6.25. The van der Waals surface area contributed by atoms with Crippen LogP contribution in [0.5, 0.6) is 0 Å². The van der Waals surface area contributed by atoms with E-state index in [2.05, 4.69) is 16.4 Å². The smallest absolute Gasteiger partial charge is 0.181 e. The number of nitrogens with one attached hydrogen (secondary N) is 1. The molecule has 1 aliphatic carbocycles. The summed E-state index contributed by atoms with van der Waals surface area (Å²) in [4.78, 5) is 4.23. The molecule has 2 atom stereocenters. The number of nitrogens with zero attached hydrogens (tertiary/aromatic N) is 1. The van der Waals surface area contributed by atoms with E-state index >= 15 is 0 Å². The Balaban J connectivity index is 1.71. The Labute approximate surface area is 140 Å². The van der Waals surface area contributed by atoms with Gasteiger partial charge in [-0.25, -0.2) is 4.98 Å². The molecule has 0 spiro atoms. The zero-order valence-corrected chi connectivity index (χ0v) is 14.0. The summed E-state index contributed by atoms with van der Waals surface area (Å²) in [6.45, 7) is 4.06. The molecule has 0 unspecified atom stereocenters. The topological polar surface area (TPSA) is 38.1 Å². The van der Waals surface area contributed by atoms with Gasteiger partial charge in [-0.05, 0) is 44.0 Å². The molecule has 1 saturated heterocycles. The van der Waals surface area contributed by atoms with E-state index in [1.54, 1.807) is 6.39 Å². The van der Waals surface area contributed by atoms with Gasteiger partial charge in [0.05, 0.1) is 15.7 Å². The van der Waals surface area contributed by atoms with Crippen molar-refractivity contribution in [2.24, 2.45) is 5.41 Å². The lowest BCUT2D eigenvalue weighted by Crippen LogP contribution is -2.39. The van der Waals surface area contributed by atoms with Crippen molar-refractivity contribution in [3.05, 3.63) is 51.7 Å². The highest BCUT2D eigenvalue weighted by Gasteiger charge is 2.68. The van der Waals surface area contributed by atoms with E-state index < -0.39 is 0 Å². The molecule has 3 nitrogen and oxygen atoms in total. The van der Waals surface area contributed by atoms with Crippen LogP contribution in [0.15, 0.2) is 29.0 Å². The van der Waals surface area contributed by atoms with Gasteiger partial charge in [0.2, 0.25) is 0 Å². The summed E-state index contributed by atoms with van der Waals surface area (Å²) in [5.41, 5.74) is 2.69. The standard InChI is InChI=1S/C17H18Cl2N2O/c1-11-15(22-10-21-11)7-16-8-17(16,4-5-20-9-16)12-2-3-13(18)14(19)6-12/h2-3,6,10,20H,4-5,7-9H2,1H3/t16-,17-/m1/s1. The normalized spacial score (nSPS) is 30.1. The molecule has 2 heterocycles. The van der Waals surface area contributed by atoms with Crippen molar-refractivity contribution in [3.63, 3.8) is 0 Å². The van der Waals surface area contributed by atoms with Crippen LogP contribution in [0.1, 0.15) is 29.9 Å². The summed E-state index contributed by atoms with van der Waals surface area (Å²) in [5, 5.41) is 4.81. The number of aromatic nitrogens is 1. The quantitative estimate of drug-likeness (QED) is 0.914. The van der Waals surface area contributed by atoms with Crippen molar-refractivity contribution in [3.8, 4) is 0 Å². The van der Waals surface area contributed by atoms with Crippen LogP contribution in [0.3, 0.4) is 0 Å². The van der Waals surface area contributed by atoms with E-state index in [0.717, 1.165) is 43.8 Å². The van der Waals surface area contributed by atoms with Gasteiger partial charge in [0.1, 0.15) is 5.76 Å². The van der Waals surface area contributed by atoms with E-state index in [4.69, 9.17) is 27.6 Å². The van der Waals surface area contributed by atoms with Crippen LogP contribution in [0.4, 0.5) is 0 Å². The number of halogens is 2. The molecule has 22 heavy (non-hydrogen) atoms. The molecule has 0 radical (unpaired) electrons. The highest BCUT2D eigenvalue weighted by Crippen LogP contribution is 2.69. The van der Waals surface area contributed by atoms with Gasteiger partial charge >= 0.3 is 0 Å². The van der Waals surface area contributed by atoms with Crippen LogP contribution in [-0.2, 0) is 11.8 Å². The Hall–Kier alpha value is -1.03.